The van der Waals surface area contributed by atoms with Crippen molar-refractivity contribution in [3.05, 3.63) is 18.3 Å². The van der Waals surface area contributed by atoms with Gasteiger partial charge < -0.3 is 10.7 Å². The smallest absolute Gasteiger partial charge is 0.258 e. The van der Waals surface area contributed by atoms with Crippen LogP contribution in [0.15, 0.2) is 23.4 Å². The Labute approximate surface area is 102 Å². The Morgan fingerprint density at radius 2 is 2.24 bits per heavy atom. The summed E-state index contributed by atoms with van der Waals surface area (Å²) in [5.74, 6) is 0. The first-order valence-corrected chi connectivity index (χ1v) is 7.20. The quantitative estimate of drug-likeness (QED) is 0.826. The van der Waals surface area contributed by atoms with Gasteiger partial charge in [-0.2, -0.15) is 4.31 Å². The molecule has 6 heteroatoms. The maximum atomic E-state index is 12.4. The van der Waals surface area contributed by atoms with E-state index in [2.05, 4.69) is 4.98 Å². The molecule has 0 aliphatic carbocycles. The Morgan fingerprint density at radius 3 is 2.76 bits per heavy atom. The van der Waals surface area contributed by atoms with E-state index in [1.54, 1.807) is 22.6 Å². The highest BCUT2D eigenvalue weighted by molar-refractivity contribution is 7.89. The molecule has 1 aliphatic rings. The molecule has 17 heavy (non-hydrogen) atoms. The van der Waals surface area contributed by atoms with Gasteiger partial charge in [-0.1, -0.05) is 0 Å². The molecule has 5 nitrogen and oxygen atoms in total. The fourth-order valence-electron chi connectivity index (χ4n) is 2.47. The van der Waals surface area contributed by atoms with Crippen molar-refractivity contribution in [1.29, 1.82) is 0 Å². The minimum Gasteiger partial charge on any atom is -0.351 e. The maximum Gasteiger partial charge on any atom is 0.258 e. The molecule has 0 amide bonds. The van der Waals surface area contributed by atoms with E-state index < -0.39 is 15.6 Å². The second-order valence-electron chi connectivity index (χ2n) is 5.18. The van der Waals surface area contributed by atoms with Crippen molar-refractivity contribution in [2.24, 2.45) is 5.73 Å². The van der Waals surface area contributed by atoms with Crippen LogP contribution in [0.4, 0.5) is 0 Å². The van der Waals surface area contributed by atoms with Crippen molar-refractivity contribution in [2.75, 3.05) is 6.54 Å². The molecule has 1 saturated heterocycles. The Hall–Kier alpha value is -0.850. The molecule has 0 aromatic carbocycles. The normalized spacial score (nSPS) is 25.9. The van der Waals surface area contributed by atoms with Gasteiger partial charge >= 0.3 is 0 Å². The molecule has 0 spiro atoms. The van der Waals surface area contributed by atoms with Gasteiger partial charge in [0.25, 0.3) is 10.0 Å². The average molecular weight is 257 g/mol. The zero-order valence-corrected chi connectivity index (χ0v) is 11.0. The first-order chi connectivity index (χ1) is 7.84. The average Bonchev–Trinajstić information content (AvgIpc) is 2.67. The predicted molar refractivity (Wildman–Crippen MR) is 66.0 cm³/mol. The molecule has 0 radical (unpaired) electrons. The molecular formula is C11H19N3O2S. The molecule has 1 aliphatic heterocycles. The zero-order chi connectivity index (χ0) is 12.7. The molecule has 0 bridgehead atoms. The fraction of sp³-hybridized carbons (Fsp3) is 0.636. The Balaban J connectivity index is 2.34. The second-order valence-corrected chi connectivity index (χ2v) is 7.01. The SMILES string of the molecule is CC1(C)CC(N)CCN1S(=O)(=O)c1ccc[nH]1. The van der Waals surface area contributed by atoms with E-state index in [-0.39, 0.29) is 11.1 Å². The van der Waals surface area contributed by atoms with Gasteiger partial charge in [0.15, 0.2) is 0 Å². The molecule has 1 atom stereocenters. The minimum atomic E-state index is -3.43. The van der Waals surface area contributed by atoms with E-state index in [1.807, 2.05) is 13.8 Å². The lowest BCUT2D eigenvalue weighted by Gasteiger charge is -2.43. The summed E-state index contributed by atoms with van der Waals surface area (Å²) in [6.45, 7) is 4.33. The second kappa shape index (κ2) is 4.12. The maximum absolute atomic E-state index is 12.4. The van der Waals surface area contributed by atoms with Crippen LogP contribution in [0.2, 0.25) is 0 Å². The van der Waals surface area contributed by atoms with Gasteiger partial charge in [0.1, 0.15) is 5.03 Å². The lowest BCUT2D eigenvalue weighted by atomic mass is 9.90. The van der Waals surface area contributed by atoms with Crippen LogP contribution in [-0.4, -0.2) is 35.8 Å². The van der Waals surface area contributed by atoms with E-state index in [9.17, 15) is 8.42 Å². The van der Waals surface area contributed by atoms with Gasteiger partial charge in [0.05, 0.1) is 0 Å². The number of nitrogens with two attached hydrogens (primary N) is 1. The molecule has 1 aromatic heterocycles. The third-order valence-corrected chi connectivity index (χ3v) is 5.34. The summed E-state index contributed by atoms with van der Waals surface area (Å²) in [5.41, 5.74) is 5.48. The molecule has 1 unspecified atom stereocenters. The molecule has 0 saturated carbocycles. The minimum absolute atomic E-state index is 0.0834. The number of sulfonamides is 1. The van der Waals surface area contributed by atoms with Gasteiger partial charge in [-0.25, -0.2) is 8.42 Å². The number of nitrogens with zero attached hydrogens (tertiary/aromatic N) is 1. The molecule has 96 valence electrons. The van der Waals surface area contributed by atoms with Gasteiger partial charge in [0, 0.05) is 24.3 Å². The molecule has 2 rings (SSSR count). The van der Waals surface area contributed by atoms with Crippen LogP contribution in [0.25, 0.3) is 0 Å². The van der Waals surface area contributed by atoms with E-state index >= 15 is 0 Å². The Morgan fingerprint density at radius 1 is 1.53 bits per heavy atom. The van der Waals surface area contributed by atoms with Crippen LogP contribution in [0.3, 0.4) is 0 Å². The van der Waals surface area contributed by atoms with Crippen molar-refractivity contribution in [3.8, 4) is 0 Å². The predicted octanol–water partition coefficient (Wildman–Crippen LogP) is 0.905. The summed E-state index contributed by atoms with van der Waals surface area (Å²) in [4.78, 5) is 2.76. The topological polar surface area (TPSA) is 79.2 Å². The summed E-state index contributed by atoms with van der Waals surface area (Å²) < 4.78 is 26.4. The number of hydrogen-bond acceptors (Lipinski definition) is 3. The highest BCUT2D eigenvalue weighted by Gasteiger charge is 2.41. The summed E-state index contributed by atoms with van der Waals surface area (Å²) in [6, 6.07) is 3.36. The standard InChI is InChI=1S/C11H19N3O2S/c1-11(2)8-9(12)5-7-14(11)17(15,16)10-4-3-6-13-10/h3-4,6,9,13H,5,7-8,12H2,1-2H3. The van der Waals surface area contributed by atoms with Crippen LogP contribution in [-0.2, 0) is 10.0 Å². The van der Waals surface area contributed by atoms with Crippen LogP contribution < -0.4 is 5.73 Å². The summed E-state index contributed by atoms with van der Waals surface area (Å²) >= 11 is 0. The third kappa shape index (κ3) is 2.25. The van der Waals surface area contributed by atoms with Crippen LogP contribution in [0.5, 0.6) is 0 Å². The van der Waals surface area contributed by atoms with Crippen molar-refractivity contribution in [3.63, 3.8) is 0 Å². The number of nitrogens with one attached hydrogen (secondary N) is 1. The van der Waals surface area contributed by atoms with Crippen LogP contribution in [0, 0.1) is 0 Å². The molecule has 1 fully saturated rings. The Bertz CT molecular complexity index is 479. The van der Waals surface area contributed by atoms with Gasteiger partial charge in [-0.05, 0) is 38.8 Å². The number of piperidine rings is 1. The van der Waals surface area contributed by atoms with E-state index in [4.69, 9.17) is 5.73 Å². The van der Waals surface area contributed by atoms with E-state index in [1.165, 1.54) is 0 Å². The lowest BCUT2D eigenvalue weighted by Crippen LogP contribution is -2.55. The van der Waals surface area contributed by atoms with Crippen molar-refractivity contribution < 1.29 is 8.42 Å². The van der Waals surface area contributed by atoms with Gasteiger partial charge in [-0.15, -0.1) is 0 Å². The lowest BCUT2D eigenvalue weighted by molar-refractivity contribution is 0.154. The number of H-pyrrole nitrogens is 1. The van der Waals surface area contributed by atoms with Gasteiger partial charge in [-0.3, -0.25) is 0 Å². The Kier molecular flexibility index (Phi) is 3.05. The van der Waals surface area contributed by atoms with Crippen molar-refractivity contribution in [1.82, 2.24) is 9.29 Å². The number of hydrogen-bond donors (Lipinski definition) is 2. The number of rotatable bonds is 2. The third-order valence-electron chi connectivity index (χ3n) is 3.28. The van der Waals surface area contributed by atoms with Crippen LogP contribution >= 0.6 is 0 Å². The molecular weight excluding hydrogens is 238 g/mol. The molecule has 3 N–H and O–H groups in total. The first-order valence-electron chi connectivity index (χ1n) is 5.76. The van der Waals surface area contributed by atoms with E-state index in [0.717, 1.165) is 0 Å². The van der Waals surface area contributed by atoms with Gasteiger partial charge in [0.2, 0.25) is 0 Å². The summed E-state index contributed by atoms with van der Waals surface area (Å²) in [5, 5.41) is 0.251. The van der Waals surface area contributed by atoms with E-state index in [0.29, 0.717) is 19.4 Å². The largest absolute Gasteiger partial charge is 0.351 e. The van der Waals surface area contributed by atoms with Crippen molar-refractivity contribution >= 4 is 10.0 Å². The fourth-order valence-corrected chi connectivity index (χ4v) is 4.25. The van der Waals surface area contributed by atoms with Crippen LogP contribution in [0.1, 0.15) is 26.7 Å². The number of aromatic nitrogens is 1. The molecule has 2 heterocycles. The monoisotopic (exact) mass is 257 g/mol. The highest BCUT2D eigenvalue weighted by atomic mass is 32.2. The summed E-state index contributed by atoms with van der Waals surface area (Å²) in [6.07, 6.45) is 3.02. The first kappa shape index (κ1) is 12.6. The zero-order valence-electron chi connectivity index (χ0n) is 10.2. The summed E-state index contributed by atoms with van der Waals surface area (Å²) in [7, 11) is -3.43. The highest BCUT2D eigenvalue weighted by Crippen LogP contribution is 2.31. The molecule has 1 aromatic rings. The van der Waals surface area contributed by atoms with Crippen molar-refractivity contribution in [2.45, 2.75) is 43.3 Å². The number of aromatic amines is 1.